The maximum absolute atomic E-state index is 12.5. The van der Waals surface area contributed by atoms with Gasteiger partial charge in [-0.05, 0) is 36.2 Å². The minimum Gasteiger partial charge on any atom is -0.496 e. The summed E-state index contributed by atoms with van der Waals surface area (Å²) in [5.41, 5.74) is 1.57. The van der Waals surface area contributed by atoms with Crippen molar-refractivity contribution in [1.29, 1.82) is 0 Å². The third-order valence-electron chi connectivity index (χ3n) is 4.70. The van der Waals surface area contributed by atoms with Crippen LogP contribution in [0.25, 0.3) is 0 Å². The Kier molecular flexibility index (Phi) is 6.71. The lowest BCUT2D eigenvalue weighted by Gasteiger charge is -2.21. The first-order valence-electron chi connectivity index (χ1n) is 9.54. The third-order valence-corrected chi connectivity index (χ3v) is 5.82. The highest BCUT2D eigenvalue weighted by atomic mass is 35.5. The van der Waals surface area contributed by atoms with Gasteiger partial charge in [0.25, 0.3) is 0 Å². The first kappa shape index (κ1) is 20.9. The van der Waals surface area contributed by atoms with Crippen molar-refractivity contribution in [3.63, 3.8) is 0 Å². The van der Waals surface area contributed by atoms with Crippen LogP contribution in [0.1, 0.15) is 12.0 Å². The fourth-order valence-electron chi connectivity index (χ4n) is 3.16. The summed E-state index contributed by atoms with van der Waals surface area (Å²) in [6.07, 6.45) is 1.87. The van der Waals surface area contributed by atoms with E-state index >= 15 is 0 Å². The van der Waals surface area contributed by atoms with Crippen molar-refractivity contribution in [1.82, 2.24) is 9.88 Å². The molecule has 0 spiro atoms. The minimum atomic E-state index is -0.363. The molecule has 0 bridgehead atoms. The van der Waals surface area contributed by atoms with Crippen LogP contribution in [-0.4, -0.2) is 55.6 Å². The molecular weight excluding hydrogens is 430 g/mol. The van der Waals surface area contributed by atoms with Crippen molar-refractivity contribution in [2.24, 2.45) is 0 Å². The molecule has 10 heteroatoms. The van der Waals surface area contributed by atoms with Crippen LogP contribution in [-0.2, 0) is 16.0 Å². The van der Waals surface area contributed by atoms with Crippen molar-refractivity contribution in [2.45, 2.75) is 24.0 Å². The molecule has 2 aliphatic heterocycles. The number of anilines is 1. The molecule has 8 nitrogen and oxygen atoms in total. The number of carbonyl (C=O) groups is 1. The number of fused-ring (bicyclic) bond motifs is 1. The SMILES string of the molecule is COc1ccc(Cl)cc1SNc1cnc2c(c1)CN(C(=O)OC1CCOC1)CCO2. The molecule has 1 amide bonds. The number of aromatic nitrogens is 1. The molecule has 2 aromatic rings. The van der Waals surface area contributed by atoms with E-state index in [-0.39, 0.29) is 12.2 Å². The molecule has 2 aliphatic rings. The fourth-order valence-corrected chi connectivity index (χ4v) is 4.17. The standard InChI is InChI=1S/C20H22ClN3O5S/c1-26-17-3-2-14(21)9-18(17)30-23-15-8-13-11-24(5-7-28-19(13)22-10-15)20(25)29-16-4-6-27-12-16/h2-3,8-10,16,23H,4-7,11-12H2,1H3. The molecule has 30 heavy (non-hydrogen) atoms. The summed E-state index contributed by atoms with van der Waals surface area (Å²) in [5.74, 6) is 1.23. The number of pyridine rings is 1. The van der Waals surface area contributed by atoms with E-state index in [1.165, 1.54) is 11.9 Å². The van der Waals surface area contributed by atoms with Gasteiger partial charge in [0.15, 0.2) is 0 Å². The number of hydrogen-bond donors (Lipinski definition) is 1. The molecule has 3 heterocycles. The van der Waals surface area contributed by atoms with Crippen molar-refractivity contribution in [3.05, 3.63) is 41.0 Å². The Morgan fingerprint density at radius 3 is 3.07 bits per heavy atom. The summed E-state index contributed by atoms with van der Waals surface area (Å²) < 4.78 is 25.1. The molecule has 1 atom stereocenters. The molecule has 1 N–H and O–H groups in total. The maximum atomic E-state index is 12.5. The second kappa shape index (κ2) is 9.63. The van der Waals surface area contributed by atoms with Gasteiger partial charge in [-0.15, -0.1) is 0 Å². The van der Waals surface area contributed by atoms with E-state index in [0.29, 0.717) is 49.6 Å². The molecule has 1 aromatic carbocycles. The molecule has 1 aromatic heterocycles. The quantitative estimate of drug-likeness (QED) is 0.683. The zero-order valence-electron chi connectivity index (χ0n) is 16.4. The van der Waals surface area contributed by atoms with E-state index in [2.05, 4.69) is 9.71 Å². The van der Waals surface area contributed by atoms with Crippen molar-refractivity contribution < 1.29 is 23.7 Å². The van der Waals surface area contributed by atoms with Gasteiger partial charge in [-0.25, -0.2) is 9.78 Å². The predicted molar refractivity (Wildman–Crippen MR) is 113 cm³/mol. The van der Waals surface area contributed by atoms with E-state index in [0.717, 1.165) is 22.6 Å². The number of rotatable bonds is 5. The van der Waals surface area contributed by atoms with Crippen LogP contribution >= 0.6 is 23.5 Å². The number of hydrogen-bond acceptors (Lipinski definition) is 8. The molecule has 0 saturated carbocycles. The van der Waals surface area contributed by atoms with E-state index in [4.69, 9.17) is 30.5 Å². The molecular formula is C20H22ClN3O5S. The first-order chi connectivity index (χ1) is 14.6. The average Bonchev–Trinajstić information content (AvgIpc) is 3.16. The largest absolute Gasteiger partial charge is 0.496 e. The van der Waals surface area contributed by atoms with Gasteiger partial charge in [0.05, 0.1) is 50.2 Å². The Balaban J connectivity index is 1.44. The first-order valence-corrected chi connectivity index (χ1v) is 10.7. The Hall–Kier alpha value is -2.36. The molecule has 0 aliphatic carbocycles. The summed E-state index contributed by atoms with van der Waals surface area (Å²) in [6, 6.07) is 7.32. The number of nitrogens with one attached hydrogen (secondary N) is 1. The summed E-state index contributed by atoms with van der Waals surface area (Å²) in [4.78, 5) is 19.4. The number of benzene rings is 1. The predicted octanol–water partition coefficient (Wildman–Crippen LogP) is 3.98. The van der Waals surface area contributed by atoms with Gasteiger partial charge in [-0.1, -0.05) is 11.6 Å². The zero-order valence-corrected chi connectivity index (χ0v) is 18.0. The Morgan fingerprint density at radius 1 is 1.37 bits per heavy atom. The van der Waals surface area contributed by atoms with Gasteiger partial charge < -0.3 is 28.6 Å². The number of carbonyl (C=O) groups excluding carboxylic acids is 1. The van der Waals surface area contributed by atoms with Crippen molar-refractivity contribution in [3.8, 4) is 11.6 Å². The highest BCUT2D eigenvalue weighted by Gasteiger charge is 2.26. The van der Waals surface area contributed by atoms with Crippen LogP contribution in [0.3, 0.4) is 0 Å². The van der Waals surface area contributed by atoms with Crippen LogP contribution in [0.2, 0.25) is 5.02 Å². The van der Waals surface area contributed by atoms with E-state index < -0.39 is 0 Å². The lowest BCUT2D eigenvalue weighted by Crippen LogP contribution is -2.35. The van der Waals surface area contributed by atoms with Crippen LogP contribution in [0, 0.1) is 0 Å². The highest BCUT2D eigenvalue weighted by Crippen LogP contribution is 2.33. The molecule has 4 rings (SSSR count). The van der Waals surface area contributed by atoms with E-state index in [1.54, 1.807) is 24.3 Å². The van der Waals surface area contributed by atoms with E-state index in [1.807, 2.05) is 18.2 Å². The molecule has 160 valence electrons. The monoisotopic (exact) mass is 451 g/mol. The average molecular weight is 452 g/mol. The van der Waals surface area contributed by atoms with Gasteiger partial charge in [-0.3, -0.25) is 0 Å². The number of methoxy groups -OCH3 is 1. The van der Waals surface area contributed by atoms with Crippen molar-refractivity contribution in [2.75, 3.05) is 38.2 Å². The smallest absolute Gasteiger partial charge is 0.410 e. The summed E-state index contributed by atoms with van der Waals surface area (Å²) in [5, 5.41) is 0.621. The minimum absolute atomic E-state index is 0.184. The van der Waals surface area contributed by atoms with E-state index in [9.17, 15) is 4.79 Å². The molecule has 0 radical (unpaired) electrons. The normalized spacial score (nSPS) is 18.2. The van der Waals surface area contributed by atoms with Crippen molar-refractivity contribution >= 4 is 35.3 Å². The zero-order chi connectivity index (χ0) is 20.9. The summed E-state index contributed by atoms with van der Waals surface area (Å²) >= 11 is 7.46. The third kappa shape index (κ3) is 5.03. The second-order valence-electron chi connectivity index (χ2n) is 6.83. The van der Waals surface area contributed by atoms with Gasteiger partial charge >= 0.3 is 6.09 Å². The molecule has 1 unspecified atom stereocenters. The van der Waals surface area contributed by atoms with Crippen LogP contribution < -0.4 is 14.2 Å². The lowest BCUT2D eigenvalue weighted by atomic mass is 10.2. The van der Waals surface area contributed by atoms with Crippen LogP contribution in [0.5, 0.6) is 11.6 Å². The van der Waals surface area contributed by atoms with Gasteiger partial charge in [-0.2, -0.15) is 0 Å². The lowest BCUT2D eigenvalue weighted by molar-refractivity contribution is 0.0516. The van der Waals surface area contributed by atoms with Gasteiger partial charge in [0, 0.05) is 17.0 Å². The van der Waals surface area contributed by atoms with Gasteiger partial charge in [0.2, 0.25) is 5.88 Å². The second-order valence-corrected chi connectivity index (χ2v) is 8.11. The number of ether oxygens (including phenoxy) is 4. The fraction of sp³-hybridized carbons (Fsp3) is 0.400. The Morgan fingerprint density at radius 2 is 2.27 bits per heavy atom. The number of nitrogens with zero attached hydrogens (tertiary/aromatic N) is 2. The Bertz CT molecular complexity index is 910. The summed E-state index contributed by atoms with van der Waals surface area (Å²) in [7, 11) is 1.61. The topological polar surface area (TPSA) is 82.2 Å². The molecule has 1 saturated heterocycles. The highest BCUT2D eigenvalue weighted by molar-refractivity contribution is 8.00. The number of halogens is 1. The van der Waals surface area contributed by atoms with Crippen LogP contribution in [0.15, 0.2) is 35.4 Å². The molecule has 1 fully saturated rings. The van der Waals surface area contributed by atoms with Gasteiger partial charge in [0.1, 0.15) is 18.5 Å². The summed E-state index contributed by atoms with van der Waals surface area (Å²) in [6.45, 7) is 2.22. The maximum Gasteiger partial charge on any atom is 0.410 e. The van der Waals surface area contributed by atoms with Crippen LogP contribution in [0.4, 0.5) is 10.5 Å². The Labute approximate surface area is 183 Å². The number of amides is 1.